The third-order valence-electron chi connectivity index (χ3n) is 3.44. The van der Waals surface area contributed by atoms with Gasteiger partial charge in [0.2, 0.25) is 0 Å². The molecule has 2 nitrogen and oxygen atoms in total. The van der Waals surface area contributed by atoms with Crippen LogP contribution < -0.4 is 5.32 Å². The summed E-state index contributed by atoms with van der Waals surface area (Å²) in [7, 11) is 0. The Morgan fingerprint density at radius 3 is 2.69 bits per heavy atom. The van der Waals surface area contributed by atoms with Crippen LogP contribution in [-0.2, 0) is 6.54 Å². The lowest BCUT2D eigenvalue weighted by molar-refractivity contribution is 0.191. The minimum absolute atomic E-state index is 0.754. The summed E-state index contributed by atoms with van der Waals surface area (Å²) < 4.78 is 0. The second kappa shape index (κ2) is 5.80. The van der Waals surface area contributed by atoms with Crippen molar-refractivity contribution < 1.29 is 0 Å². The van der Waals surface area contributed by atoms with Gasteiger partial charge in [0.1, 0.15) is 0 Å². The maximum absolute atomic E-state index is 3.55. The van der Waals surface area contributed by atoms with Crippen molar-refractivity contribution in [1.29, 1.82) is 0 Å². The molecule has 1 aromatic rings. The normalized spacial score (nSPS) is 19.1. The van der Waals surface area contributed by atoms with E-state index in [2.05, 4.69) is 34.8 Å². The number of rotatable bonds is 4. The van der Waals surface area contributed by atoms with Gasteiger partial charge in [0.05, 0.1) is 0 Å². The average molecular weight is 238 g/mol. The summed E-state index contributed by atoms with van der Waals surface area (Å²) in [6, 6.07) is 0.754. The van der Waals surface area contributed by atoms with Crippen LogP contribution >= 0.6 is 11.3 Å². The molecule has 1 saturated heterocycles. The van der Waals surface area contributed by atoms with E-state index in [1.807, 2.05) is 11.3 Å². The number of hydrogen-bond acceptors (Lipinski definition) is 3. The molecule has 0 amide bonds. The van der Waals surface area contributed by atoms with Gasteiger partial charge in [-0.05, 0) is 61.3 Å². The molecule has 1 fully saturated rings. The molecule has 0 aliphatic carbocycles. The van der Waals surface area contributed by atoms with Crippen molar-refractivity contribution in [2.45, 2.75) is 39.3 Å². The van der Waals surface area contributed by atoms with Crippen molar-refractivity contribution in [3.05, 3.63) is 21.9 Å². The van der Waals surface area contributed by atoms with E-state index < -0.39 is 0 Å². The van der Waals surface area contributed by atoms with E-state index in [9.17, 15) is 0 Å². The zero-order chi connectivity index (χ0) is 11.4. The Labute approximate surface area is 103 Å². The molecule has 1 N–H and O–H groups in total. The maximum atomic E-state index is 3.55. The molecular weight excluding hydrogens is 216 g/mol. The predicted molar refractivity (Wildman–Crippen MR) is 71.0 cm³/mol. The molecule has 0 aromatic carbocycles. The van der Waals surface area contributed by atoms with E-state index >= 15 is 0 Å². The van der Waals surface area contributed by atoms with Gasteiger partial charge in [0.15, 0.2) is 0 Å². The zero-order valence-corrected chi connectivity index (χ0v) is 11.1. The minimum atomic E-state index is 0.754. The smallest absolute Gasteiger partial charge is 0.0244 e. The van der Waals surface area contributed by atoms with Crippen molar-refractivity contribution in [3.63, 3.8) is 0 Å². The SMILES string of the molecule is CCNC1CCN(Cc2cscc2C)CC1. The van der Waals surface area contributed by atoms with Crippen molar-refractivity contribution in [2.75, 3.05) is 19.6 Å². The number of piperidine rings is 1. The second-order valence-electron chi connectivity index (χ2n) is 4.69. The number of aryl methyl sites for hydroxylation is 1. The molecule has 2 heterocycles. The van der Waals surface area contributed by atoms with Crippen LogP contribution in [0.2, 0.25) is 0 Å². The van der Waals surface area contributed by atoms with Crippen molar-refractivity contribution in [2.24, 2.45) is 0 Å². The average Bonchev–Trinajstić information content (AvgIpc) is 2.68. The standard InChI is InChI=1S/C13H22N2S/c1-3-14-13-4-6-15(7-5-13)8-12-10-16-9-11(12)2/h9-10,13-14H,3-8H2,1-2H3. The van der Waals surface area contributed by atoms with Gasteiger partial charge in [-0.3, -0.25) is 4.90 Å². The van der Waals surface area contributed by atoms with E-state index in [0.717, 1.165) is 19.1 Å². The Balaban J connectivity index is 1.79. The Kier molecular flexibility index (Phi) is 4.38. The maximum Gasteiger partial charge on any atom is 0.0244 e. The van der Waals surface area contributed by atoms with E-state index in [0.29, 0.717) is 0 Å². The van der Waals surface area contributed by atoms with Crippen LogP contribution in [0.25, 0.3) is 0 Å². The Morgan fingerprint density at radius 2 is 2.12 bits per heavy atom. The molecule has 16 heavy (non-hydrogen) atoms. The van der Waals surface area contributed by atoms with Crippen LogP contribution in [0, 0.1) is 6.92 Å². The molecular formula is C13H22N2S. The van der Waals surface area contributed by atoms with E-state index in [1.165, 1.54) is 37.1 Å². The van der Waals surface area contributed by atoms with Gasteiger partial charge < -0.3 is 5.32 Å². The Morgan fingerprint density at radius 1 is 1.38 bits per heavy atom. The summed E-state index contributed by atoms with van der Waals surface area (Å²) in [5, 5.41) is 8.10. The molecule has 1 aliphatic heterocycles. The first-order valence-electron chi connectivity index (χ1n) is 6.27. The molecule has 0 atom stereocenters. The van der Waals surface area contributed by atoms with Crippen LogP contribution in [0.4, 0.5) is 0 Å². The van der Waals surface area contributed by atoms with Gasteiger partial charge in [0.25, 0.3) is 0 Å². The fraction of sp³-hybridized carbons (Fsp3) is 0.692. The first-order valence-corrected chi connectivity index (χ1v) is 7.21. The summed E-state index contributed by atoms with van der Waals surface area (Å²) in [6.45, 7) is 9.15. The highest BCUT2D eigenvalue weighted by Crippen LogP contribution is 2.18. The highest BCUT2D eigenvalue weighted by Gasteiger charge is 2.18. The first kappa shape index (κ1) is 12.1. The Hall–Kier alpha value is -0.380. The lowest BCUT2D eigenvalue weighted by Gasteiger charge is -2.32. The fourth-order valence-corrected chi connectivity index (χ4v) is 3.22. The summed E-state index contributed by atoms with van der Waals surface area (Å²) in [6.07, 6.45) is 2.61. The highest BCUT2D eigenvalue weighted by molar-refractivity contribution is 7.08. The van der Waals surface area contributed by atoms with Crippen LogP contribution in [-0.4, -0.2) is 30.6 Å². The summed E-state index contributed by atoms with van der Waals surface area (Å²) in [5.41, 5.74) is 2.98. The third-order valence-corrected chi connectivity index (χ3v) is 4.35. The molecule has 1 aromatic heterocycles. The summed E-state index contributed by atoms with van der Waals surface area (Å²) in [5.74, 6) is 0. The largest absolute Gasteiger partial charge is 0.314 e. The van der Waals surface area contributed by atoms with Crippen molar-refractivity contribution in [3.8, 4) is 0 Å². The van der Waals surface area contributed by atoms with Gasteiger partial charge in [-0.25, -0.2) is 0 Å². The fourth-order valence-electron chi connectivity index (χ4n) is 2.37. The van der Waals surface area contributed by atoms with E-state index in [-0.39, 0.29) is 0 Å². The lowest BCUT2D eigenvalue weighted by atomic mass is 10.0. The predicted octanol–water partition coefficient (Wildman–Crippen LogP) is 2.63. The topological polar surface area (TPSA) is 15.3 Å². The molecule has 0 unspecified atom stereocenters. The van der Waals surface area contributed by atoms with Crippen molar-refractivity contribution in [1.82, 2.24) is 10.2 Å². The van der Waals surface area contributed by atoms with Crippen LogP contribution in [0.3, 0.4) is 0 Å². The van der Waals surface area contributed by atoms with Crippen molar-refractivity contribution >= 4 is 11.3 Å². The highest BCUT2D eigenvalue weighted by atomic mass is 32.1. The molecule has 0 radical (unpaired) electrons. The number of likely N-dealkylation sites (tertiary alicyclic amines) is 1. The molecule has 2 rings (SSSR count). The molecule has 3 heteroatoms. The Bertz CT molecular complexity index is 313. The first-order chi connectivity index (χ1) is 7.79. The number of nitrogens with zero attached hydrogens (tertiary/aromatic N) is 1. The summed E-state index contributed by atoms with van der Waals surface area (Å²) >= 11 is 1.82. The zero-order valence-electron chi connectivity index (χ0n) is 10.3. The molecule has 0 bridgehead atoms. The van der Waals surface area contributed by atoms with Gasteiger partial charge in [0, 0.05) is 12.6 Å². The van der Waals surface area contributed by atoms with Gasteiger partial charge >= 0.3 is 0 Å². The minimum Gasteiger partial charge on any atom is -0.314 e. The number of thiophene rings is 1. The number of nitrogens with one attached hydrogen (secondary N) is 1. The molecule has 0 spiro atoms. The molecule has 0 saturated carbocycles. The van der Waals surface area contributed by atoms with Gasteiger partial charge in [-0.15, -0.1) is 0 Å². The second-order valence-corrected chi connectivity index (χ2v) is 5.43. The summed E-state index contributed by atoms with van der Waals surface area (Å²) in [4.78, 5) is 2.59. The lowest BCUT2D eigenvalue weighted by Crippen LogP contribution is -2.42. The monoisotopic (exact) mass is 238 g/mol. The third kappa shape index (κ3) is 3.06. The molecule has 90 valence electrons. The van der Waals surface area contributed by atoms with Crippen LogP contribution in [0.15, 0.2) is 10.8 Å². The van der Waals surface area contributed by atoms with E-state index in [4.69, 9.17) is 0 Å². The quantitative estimate of drug-likeness (QED) is 0.867. The number of hydrogen-bond donors (Lipinski definition) is 1. The van der Waals surface area contributed by atoms with Gasteiger partial charge in [-0.2, -0.15) is 11.3 Å². The van der Waals surface area contributed by atoms with Gasteiger partial charge in [-0.1, -0.05) is 6.92 Å². The molecule has 1 aliphatic rings. The van der Waals surface area contributed by atoms with Crippen LogP contribution in [0.1, 0.15) is 30.9 Å². The van der Waals surface area contributed by atoms with E-state index in [1.54, 1.807) is 0 Å². The van der Waals surface area contributed by atoms with Crippen LogP contribution in [0.5, 0.6) is 0 Å².